The minimum absolute atomic E-state index is 0.0123. The van der Waals surface area contributed by atoms with Gasteiger partial charge in [0.15, 0.2) is 0 Å². The summed E-state index contributed by atoms with van der Waals surface area (Å²) in [5.74, 6) is -0.531. The van der Waals surface area contributed by atoms with Crippen LogP contribution in [0.15, 0.2) is 5.10 Å². The van der Waals surface area contributed by atoms with Gasteiger partial charge in [-0.2, -0.15) is 10.1 Å². The van der Waals surface area contributed by atoms with Gasteiger partial charge < -0.3 is 5.73 Å². The summed E-state index contributed by atoms with van der Waals surface area (Å²) in [6.07, 6.45) is 2.89. The lowest BCUT2D eigenvalue weighted by molar-refractivity contribution is -0.379. The van der Waals surface area contributed by atoms with Gasteiger partial charge in [-0.05, 0) is 31.4 Å². The Hall–Kier alpha value is -1.04. The topological polar surface area (TPSA) is 81.6 Å². The Morgan fingerprint density at radius 3 is 2.60 bits per heavy atom. The van der Waals surface area contributed by atoms with E-state index in [9.17, 15) is 4.79 Å². The lowest BCUT2D eigenvalue weighted by atomic mass is 10.2. The Balaban J connectivity index is 2.89. The number of aromatic amines is 1. The van der Waals surface area contributed by atoms with Gasteiger partial charge in [0, 0.05) is 5.71 Å². The molecule has 20 heavy (non-hydrogen) atoms. The average molecular weight is 339 g/mol. The highest BCUT2D eigenvalue weighted by Crippen LogP contribution is 2.31. The molecule has 0 aliphatic heterocycles. The molecule has 1 aromatic rings. The molecule has 0 bridgehead atoms. The van der Waals surface area contributed by atoms with Crippen LogP contribution in [0.5, 0.6) is 0 Å². The first-order chi connectivity index (χ1) is 9.38. The number of hydrogen-bond donors (Lipinski definition) is 2. The fourth-order valence-corrected chi connectivity index (χ4v) is 2.03. The number of rotatable bonds is 5. The minimum atomic E-state index is -0.531. The Morgan fingerprint density at radius 1 is 1.35 bits per heavy atom. The number of amides is 1. The van der Waals surface area contributed by atoms with Gasteiger partial charge in [0.05, 0.1) is 5.69 Å². The van der Waals surface area contributed by atoms with Crippen molar-refractivity contribution in [2.45, 2.75) is 33.1 Å². The number of unbranched alkanes of at least 4 members (excludes halogenated alkanes) is 1. The van der Waals surface area contributed by atoms with Crippen LogP contribution in [0, 0.1) is 0 Å². The van der Waals surface area contributed by atoms with E-state index in [1.807, 2.05) is 6.92 Å². The lowest BCUT2D eigenvalue weighted by Gasteiger charge is -2.03. The van der Waals surface area contributed by atoms with E-state index in [0.29, 0.717) is 0 Å². The normalized spacial score (nSPS) is 11.6. The van der Waals surface area contributed by atoms with E-state index < -0.39 is 5.91 Å². The predicted octanol–water partition coefficient (Wildman–Crippen LogP) is 3.34. The van der Waals surface area contributed by atoms with Crippen molar-refractivity contribution in [3.8, 4) is 0 Å². The number of hydrazone groups is 1. The van der Waals surface area contributed by atoms with Crippen LogP contribution in [-0.2, 0) is 0 Å². The molecule has 0 saturated heterocycles. The number of anilines is 1. The average Bonchev–Trinajstić information content (AvgIpc) is 2.44. The number of carbonyl (C=O) groups excluding carboxylic acids is 1. The van der Waals surface area contributed by atoms with E-state index in [4.69, 9.17) is 40.5 Å². The molecule has 0 aromatic carbocycles. The molecule has 5 nitrogen and oxygen atoms in total. The van der Waals surface area contributed by atoms with Crippen molar-refractivity contribution in [2.24, 2.45) is 5.10 Å². The summed E-state index contributed by atoms with van der Waals surface area (Å²) >= 11 is 17.6. The first kappa shape index (κ1) is 17.0. The summed E-state index contributed by atoms with van der Waals surface area (Å²) in [6, 6.07) is 0. The highest BCUT2D eigenvalue weighted by molar-refractivity contribution is 6.45. The third kappa shape index (κ3) is 4.23. The molecule has 1 amide bonds. The van der Waals surface area contributed by atoms with Crippen molar-refractivity contribution in [1.82, 2.24) is 5.43 Å². The third-order valence-corrected chi connectivity index (χ3v) is 3.75. The van der Waals surface area contributed by atoms with Crippen LogP contribution in [-0.4, -0.2) is 11.6 Å². The van der Waals surface area contributed by atoms with Crippen LogP contribution >= 0.6 is 34.8 Å². The summed E-state index contributed by atoms with van der Waals surface area (Å²) in [6.45, 7) is 3.92. The number of hydrogen-bond acceptors (Lipinski definition) is 3. The van der Waals surface area contributed by atoms with Crippen molar-refractivity contribution in [2.75, 3.05) is 5.73 Å². The van der Waals surface area contributed by atoms with Gasteiger partial charge in [-0.1, -0.05) is 36.5 Å². The number of nitrogens with two attached hydrogens (primary N) is 1. The standard InChI is InChI=1S/C12H15Cl3N4O/c1-3-4-5-6(2)18-19-12(20)10-7(13)9(16)8(14)11(15)17-10/h3-5H2,1-2H3,(H2,16,17)(H,19,20)/p+1/b18-6-. The van der Waals surface area contributed by atoms with Crippen molar-refractivity contribution >= 4 is 52.1 Å². The molecule has 0 radical (unpaired) electrons. The Morgan fingerprint density at radius 2 is 2.00 bits per heavy atom. The minimum Gasteiger partial charge on any atom is -0.396 e. The number of nitrogens with zero attached hydrogens (tertiary/aromatic N) is 1. The van der Waals surface area contributed by atoms with Crippen molar-refractivity contribution in [1.29, 1.82) is 0 Å². The fraction of sp³-hybridized carbons (Fsp3) is 0.417. The number of nitrogen functional groups attached to an aromatic ring is 1. The maximum Gasteiger partial charge on any atom is 0.337 e. The number of nitrogens with one attached hydrogen (secondary N) is 2. The highest BCUT2D eigenvalue weighted by atomic mass is 35.5. The van der Waals surface area contributed by atoms with Gasteiger partial charge in [-0.3, -0.25) is 4.79 Å². The zero-order valence-electron chi connectivity index (χ0n) is 11.2. The number of pyridine rings is 1. The van der Waals surface area contributed by atoms with Gasteiger partial charge in [-0.15, -0.1) is 0 Å². The number of halogens is 3. The quantitative estimate of drug-likeness (QED) is 0.490. The van der Waals surface area contributed by atoms with Crippen molar-refractivity contribution < 1.29 is 9.78 Å². The van der Waals surface area contributed by atoms with Gasteiger partial charge in [0.25, 0.3) is 10.8 Å². The summed E-state index contributed by atoms with van der Waals surface area (Å²) in [5, 5.41) is 4.12. The molecular weight excluding hydrogens is 323 g/mol. The van der Waals surface area contributed by atoms with Crippen LogP contribution in [0.1, 0.15) is 43.6 Å². The monoisotopic (exact) mass is 337 g/mol. The Labute approximate surface area is 132 Å². The zero-order chi connectivity index (χ0) is 15.3. The molecule has 0 aliphatic rings. The molecule has 0 fully saturated rings. The van der Waals surface area contributed by atoms with E-state index >= 15 is 0 Å². The zero-order valence-corrected chi connectivity index (χ0v) is 13.5. The molecule has 0 aliphatic carbocycles. The largest absolute Gasteiger partial charge is 0.396 e. The van der Waals surface area contributed by atoms with Crippen molar-refractivity contribution in [3.63, 3.8) is 0 Å². The molecule has 1 rings (SSSR count). The fourth-order valence-electron chi connectivity index (χ4n) is 1.42. The van der Waals surface area contributed by atoms with Crippen LogP contribution in [0.25, 0.3) is 0 Å². The van der Waals surface area contributed by atoms with Crippen molar-refractivity contribution in [3.05, 3.63) is 20.9 Å². The lowest BCUT2D eigenvalue weighted by Crippen LogP contribution is -2.28. The van der Waals surface area contributed by atoms with Gasteiger partial charge >= 0.3 is 5.91 Å². The summed E-state index contributed by atoms with van der Waals surface area (Å²) in [4.78, 5) is 14.6. The van der Waals surface area contributed by atoms with E-state index in [0.717, 1.165) is 25.0 Å². The first-order valence-electron chi connectivity index (χ1n) is 6.07. The Bertz CT molecular complexity index is 546. The summed E-state index contributed by atoms with van der Waals surface area (Å²) in [7, 11) is 0. The maximum atomic E-state index is 12.0. The molecular formula is C12H16Cl3N4O+. The van der Waals surface area contributed by atoms with Gasteiger partial charge in [0.1, 0.15) is 10.0 Å². The summed E-state index contributed by atoms with van der Waals surface area (Å²) in [5.41, 5.74) is 8.95. The van der Waals surface area contributed by atoms with Crippen LogP contribution in [0.4, 0.5) is 5.69 Å². The molecule has 1 aromatic heterocycles. The van der Waals surface area contributed by atoms with E-state index in [1.165, 1.54) is 0 Å². The van der Waals surface area contributed by atoms with E-state index in [2.05, 4.69) is 22.4 Å². The molecule has 8 heteroatoms. The highest BCUT2D eigenvalue weighted by Gasteiger charge is 2.25. The molecule has 0 spiro atoms. The molecule has 0 atom stereocenters. The van der Waals surface area contributed by atoms with Crippen LogP contribution in [0.2, 0.25) is 15.2 Å². The van der Waals surface area contributed by atoms with Gasteiger partial charge in [-0.25, -0.2) is 5.43 Å². The van der Waals surface area contributed by atoms with Crippen LogP contribution < -0.4 is 16.1 Å². The van der Waals surface area contributed by atoms with Crippen LogP contribution in [0.3, 0.4) is 0 Å². The predicted molar refractivity (Wildman–Crippen MR) is 82.5 cm³/mol. The summed E-state index contributed by atoms with van der Waals surface area (Å²) < 4.78 is 0. The molecule has 110 valence electrons. The second-order valence-corrected chi connectivity index (χ2v) is 5.38. The maximum absolute atomic E-state index is 12.0. The number of carbonyl (C=O) groups is 1. The molecule has 4 N–H and O–H groups in total. The SMILES string of the molecule is CCCC/C(C)=N\NC(=O)c1[nH+]c(Cl)c(Cl)c(N)c1Cl. The number of aromatic nitrogens is 1. The Kier molecular flexibility index (Phi) is 6.52. The molecule has 0 saturated carbocycles. The molecule has 0 unspecified atom stereocenters. The third-order valence-electron chi connectivity index (χ3n) is 2.59. The second-order valence-electron chi connectivity index (χ2n) is 4.25. The second kappa shape index (κ2) is 7.67. The first-order valence-corrected chi connectivity index (χ1v) is 7.20. The number of H-pyrrole nitrogens is 1. The molecule has 1 heterocycles. The van der Waals surface area contributed by atoms with E-state index in [1.54, 1.807) is 0 Å². The van der Waals surface area contributed by atoms with E-state index in [-0.39, 0.29) is 26.6 Å². The smallest absolute Gasteiger partial charge is 0.337 e. The van der Waals surface area contributed by atoms with Gasteiger partial charge in [0.2, 0.25) is 0 Å².